The van der Waals surface area contributed by atoms with Gasteiger partial charge in [-0.25, -0.2) is 4.39 Å². The van der Waals surface area contributed by atoms with Crippen LogP contribution in [0.5, 0.6) is 0 Å². The first-order valence-electron chi connectivity index (χ1n) is 7.76. The quantitative estimate of drug-likeness (QED) is 0.536. The number of rotatable bonds is 5. The average Bonchev–Trinajstić information content (AvgIpc) is 3.29. The highest BCUT2D eigenvalue weighted by Gasteiger charge is 2.14. The molecule has 2 aromatic heterocycles. The van der Waals surface area contributed by atoms with E-state index >= 15 is 0 Å². The van der Waals surface area contributed by atoms with E-state index in [4.69, 9.17) is 16.1 Å². The maximum Gasteiger partial charge on any atom is 0.250 e. The summed E-state index contributed by atoms with van der Waals surface area (Å²) < 4.78 is 19.0. The molecule has 0 aliphatic rings. The number of aromatic nitrogens is 6. The zero-order valence-electron chi connectivity index (χ0n) is 13.4. The molecule has 0 saturated heterocycles. The predicted octanol–water partition coefficient (Wildman–Crippen LogP) is 3.15. The van der Waals surface area contributed by atoms with Crippen LogP contribution in [0.1, 0.15) is 17.3 Å². The maximum absolute atomic E-state index is 13.9. The fraction of sp³-hybridized carbons (Fsp3) is 0.118. The molecule has 0 aliphatic carbocycles. The molecule has 0 unspecified atom stereocenters. The van der Waals surface area contributed by atoms with Gasteiger partial charge in [-0.1, -0.05) is 53.2 Å². The zero-order chi connectivity index (χ0) is 17.9. The van der Waals surface area contributed by atoms with Crippen LogP contribution in [0.2, 0.25) is 5.02 Å². The minimum absolute atomic E-state index is 0.134. The van der Waals surface area contributed by atoms with E-state index in [1.165, 1.54) is 10.9 Å². The predicted molar refractivity (Wildman–Crippen MR) is 90.9 cm³/mol. The third kappa shape index (κ3) is 3.45. The van der Waals surface area contributed by atoms with Crippen LogP contribution in [0.4, 0.5) is 4.39 Å². The minimum atomic E-state index is -0.408. The molecule has 7 nitrogen and oxygen atoms in total. The summed E-state index contributed by atoms with van der Waals surface area (Å²) in [6.07, 6.45) is 0.134. The first-order valence-corrected chi connectivity index (χ1v) is 8.14. The third-order valence-corrected chi connectivity index (χ3v) is 4.02. The van der Waals surface area contributed by atoms with Gasteiger partial charge in [-0.3, -0.25) is 0 Å². The van der Waals surface area contributed by atoms with Crippen molar-refractivity contribution < 1.29 is 8.91 Å². The average molecular weight is 371 g/mol. The van der Waals surface area contributed by atoms with Gasteiger partial charge in [0.15, 0.2) is 5.82 Å². The molecule has 2 heterocycles. The van der Waals surface area contributed by atoms with Gasteiger partial charge in [0.25, 0.3) is 0 Å². The van der Waals surface area contributed by atoms with Gasteiger partial charge < -0.3 is 4.52 Å². The van der Waals surface area contributed by atoms with Gasteiger partial charge in [0.05, 0.1) is 0 Å². The summed E-state index contributed by atoms with van der Waals surface area (Å²) in [5, 5.41) is 16.4. The second kappa shape index (κ2) is 7.01. The highest BCUT2D eigenvalue weighted by Crippen LogP contribution is 2.21. The molecule has 0 bridgehead atoms. The fourth-order valence-corrected chi connectivity index (χ4v) is 2.65. The molecule has 0 fully saturated rings. The Balaban J connectivity index is 1.48. The van der Waals surface area contributed by atoms with Crippen molar-refractivity contribution in [3.63, 3.8) is 0 Å². The molecule has 0 spiro atoms. The van der Waals surface area contributed by atoms with E-state index in [0.29, 0.717) is 28.1 Å². The Hall–Kier alpha value is -3.13. The molecule has 0 amide bonds. The molecule has 0 radical (unpaired) electrons. The van der Waals surface area contributed by atoms with E-state index in [0.717, 1.165) is 5.56 Å². The molecule has 130 valence electrons. The van der Waals surface area contributed by atoms with Crippen molar-refractivity contribution >= 4 is 11.6 Å². The van der Waals surface area contributed by atoms with Crippen LogP contribution in [-0.4, -0.2) is 30.3 Å². The van der Waals surface area contributed by atoms with E-state index in [2.05, 4.69) is 25.6 Å². The standard InChI is InChI=1S/C17H12ClFN6O/c18-13-7-4-8-14(19)12(13)9-15-20-16(26-23-15)10-25-22-17(21-24-25)11-5-2-1-3-6-11/h1-8H,9-10H2. The van der Waals surface area contributed by atoms with E-state index in [1.54, 1.807) is 12.1 Å². The van der Waals surface area contributed by atoms with Gasteiger partial charge in [-0.05, 0) is 17.3 Å². The molecule has 0 N–H and O–H groups in total. The number of hydrogen-bond donors (Lipinski definition) is 0. The fourth-order valence-electron chi connectivity index (χ4n) is 2.42. The van der Waals surface area contributed by atoms with Crippen molar-refractivity contribution in [2.24, 2.45) is 0 Å². The highest BCUT2D eigenvalue weighted by atomic mass is 35.5. The Morgan fingerprint density at radius 3 is 2.73 bits per heavy atom. The molecule has 4 rings (SSSR count). The van der Waals surface area contributed by atoms with Gasteiger partial charge in [0.2, 0.25) is 11.7 Å². The van der Waals surface area contributed by atoms with Crippen LogP contribution in [0.3, 0.4) is 0 Å². The van der Waals surface area contributed by atoms with Gasteiger partial charge in [-0.2, -0.15) is 9.78 Å². The van der Waals surface area contributed by atoms with Gasteiger partial charge in [0.1, 0.15) is 12.4 Å². The van der Waals surface area contributed by atoms with Crippen molar-refractivity contribution in [3.8, 4) is 11.4 Å². The summed E-state index contributed by atoms with van der Waals surface area (Å²) in [5.74, 6) is 0.720. The van der Waals surface area contributed by atoms with Crippen LogP contribution in [0.15, 0.2) is 53.1 Å². The summed E-state index contributed by atoms with van der Waals surface area (Å²) in [6.45, 7) is 0.165. The Morgan fingerprint density at radius 1 is 1.08 bits per heavy atom. The van der Waals surface area contributed by atoms with Crippen LogP contribution < -0.4 is 0 Å². The smallest absolute Gasteiger partial charge is 0.250 e. The van der Waals surface area contributed by atoms with Crippen molar-refractivity contribution in [1.29, 1.82) is 0 Å². The lowest BCUT2D eigenvalue weighted by Gasteiger charge is -2.01. The second-order valence-electron chi connectivity index (χ2n) is 5.49. The van der Waals surface area contributed by atoms with Crippen LogP contribution in [0, 0.1) is 5.82 Å². The highest BCUT2D eigenvalue weighted by molar-refractivity contribution is 6.31. The largest absolute Gasteiger partial charge is 0.337 e. The molecule has 9 heteroatoms. The molecule has 4 aromatic rings. The minimum Gasteiger partial charge on any atom is -0.337 e. The maximum atomic E-state index is 13.9. The Bertz CT molecular complexity index is 1010. The van der Waals surface area contributed by atoms with E-state index in [9.17, 15) is 4.39 Å². The van der Waals surface area contributed by atoms with Gasteiger partial charge in [-0.15, -0.1) is 10.2 Å². The SMILES string of the molecule is Fc1cccc(Cl)c1Cc1noc(Cn2nnc(-c3ccccc3)n2)n1. The third-order valence-electron chi connectivity index (χ3n) is 3.67. The number of benzene rings is 2. The summed E-state index contributed by atoms with van der Waals surface area (Å²) >= 11 is 6.02. The normalized spacial score (nSPS) is 11.0. The molecule has 26 heavy (non-hydrogen) atoms. The lowest BCUT2D eigenvalue weighted by molar-refractivity contribution is 0.352. The van der Waals surface area contributed by atoms with Crippen molar-refractivity contribution in [2.75, 3.05) is 0 Å². The molecular weight excluding hydrogens is 359 g/mol. The van der Waals surface area contributed by atoms with E-state index in [1.807, 2.05) is 30.3 Å². The van der Waals surface area contributed by atoms with Crippen molar-refractivity contribution in [1.82, 2.24) is 30.3 Å². The monoisotopic (exact) mass is 370 g/mol. The molecule has 0 saturated carbocycles. The van der Waals surface area contributed by atoms with Crippen LogP contribution in [0.25, 0.3) is 11.4 Å². The first-order chi connectivity index (χ1) is 12.7. The van der Waals surface area contributed by atoms with Crippen LogP contribution in [-0.2, 0) is 13.0 Å². The Labute approximate surface area is 152 Å². The summed E-state index contributed by atoms with van der Waals surface area (Å²) in [5.41, 5.74) is 1.19. The number of tetrazole rings is 1. The first kappa shape index (κ1) is 16.3. The Kier molecular flexibility index (Phi) is 4.40. The van der Waals surface area contributed by atoms with E-state index in [-0.39, 0.29) is 13.0 Å². The number of halogens is 2. The zero-order valence-corrected chi connectivity index (χ0v) is 14.1. The van der Waals surface area contributed by atoms with Crippen molar-refractivity contribution in [2.45, 2.75) is 13.0 Å². The van der Waals surface area contributed by atoms with Crippen LogP contribution >= 0.6 is 11.6 Å². The topological polar surface area (TPSA) is 82.5 Å². The van der Waals surface area contributed by atoms with Gasteiger partial charge in [0, 0.05) is 22.6 Å². The van der Waals surface area contributed by atoms with E-state index < -0.39 is 5.82 Å². The summed E-state index contributed by atoms with van der Waals surface area (Å²) in [7, 11) is 0. The lowest BCUT2D eigenvalue weighted by Crippen LogP contribution is -2.04. The molecule has 0 aliphatic heterocycles. The lowest BCUT2D eigenvalue weighted by atomic mass is 10.1. The van der Waals surface area contributed by atoms with Crippen molar-refractivity contribution in [3.05, 3.63) is 76.6 Å². The molecular formula is C17H12ClFN6O. The Morgan fingerprint density at radius 2 is 1.92 bits per heavy atom. The summed E-state index contributed by atoms with van der Waals surface area (Å²) in [4.78, 5) is 5.59. The summed E-state index contributed by atoms with van der Waals surface area (Å²) in [6, 6.07) is 14.0. The number of nitrogens with zero attached hydrogens (tertiary/aromatic N) is 6. The van der Waals surface area contributed by atoms with Gasteiger partial charge >= 0.3 is 0 Å². The second-order valence-corrected chi connectivity index (χ2v) is 5.90. The molecule has 0 atom stereocenters. The number of hydrogen-bond acceptors (Lipinski definition) is 6. The molecule has 2 aromatic carbocycles.